The van der Waals surface area contributed by atoms with Crippen LogP contribution in [-0.4, -0.2) is 63.0 Å². The van der Waals surface area contributed by atoms with Crippen LogP contribution in [0.1, 0.15) is 38.7 Å². The summed E-state index contributed by atoms with van der Waals surface area (Å²) in [5, 5.41) is 0. The van der Waals surface area contributed by atoms with Gasteiger partial charge in [-0.1, -0.05) is 0 Å². The molecule has 0 aliphatic heterocycles. The number of sulfone groups is 1. The molecule has 0 radical (unpaired) electrons. The van der Waals surface area contributed by atoms with Gasteiger partial charge in [0.05, 0.1) is 12.8 Å². The number of rotatable bonds is 8. The van der Waals surface area contributed by atoms with Gasteiger partial charge in [0.1, 0.15) is 17.2 Å². The predicted molar refractivity (Wildman–Crippen MR) is 96.6 cm³/mol. The van der Waals surface area contributed by atoms with Crippen LogP contribution in [0, 0.1) is 0 Å². The van der Waals surface area contributed by atoms with Gasteiger partial charge in [-0.2, -0.15) is 0 Å². The highest BCUT2D eigenvalue weighted by Gasteiger charge is 2.52. The van der Waals surface area contributed by atoms with Crippen molar-refractivity contribution in [3.05, 3.63) is 23.8 Å². The van der Waals surface area contributed by atoms with E-state index in [-0.39, 0.29) is 24.5 Å². The quantitative estimate of drug-likeness (QED) is 0.459. The zero-order chi connectivity index (χ0) is 20.9. The summed E-state index contributed by atoms with van der Waals surface area (Å²) in [6.45, 7) is 5.04. The van der Waals surface area contributed by atoms with Gasteiger partial charge in [0.2, 0.25) is 5.41 Å². The van der Waals surface area contributed by atoms with Crippen molar-refractivity contribution in [3.63, 3.8) is 0 Å². The lowest BCUT2D eigenvalue weighted by atomic mass is 9.80. The van der Waals surface area contributed by atoms with Crippen molar-refractivity contribution in [2.45, 2.75) is 44.0 Å². The summed E-state index contributed by atoms with van der Waals surface area (Å²) < 4.78 is 38.5. The van der Waals surface area contributed by atoms with Gasteiger partial charge in [-0.05, 0) is 26.8 Å². The van der Waals surface area contributed by atoms with Crippen molar-refractivity contribution in [2.24, 2.45) is 0 Å². The normalized spacial score (nSPS) is 14.3. The van der Waals surface area contributed by atoms with Gasteiger partial charge in [0, 0.05) is 32.6 Å². The van der Waals surface area contributed by atoms with Gasteiger partial charge >= 0.3 is 11.9 Å². The SMILES string of the molecule is COCCC(C(=O)OC)(C(=O)OC(C)(C)C)c1ccnc(CS(C)(=O)=O)n1. The fourth-order valence-corrected chi connectivity index (χ4v) is 2.97. The molecular weight excluding hydrogens is 376 g/mol. The van der Waals surface area contributed by atoms with E-state index in [2.05, 4.69) is 9.97 Å². The van der Waals surface area contributed by atoms with Gasteiger partial charge in [0.25, 0.3) is 0 Å². The molecule has 0 saturated carbocycles. The smallest absolute Gasteiger partial charge is 0.330 e. The second-order valence-corrected chi connectivity index (χ2v) is 9.21. The van der Waals surface area contributed by atoms with Crippen molar-refractivity contribution in [3.8, 4) is 0 Å². The average molecular weight is 402 g/mol. The van der Waals surface area contributed by atoms with E-state index in [0.717, 1.165) is 13.4 Å². The zero-order valence-corrected chi connectivity index (χ0v) is 17.3. The fraction of sp³-hybridized carbons (Fsp3) is 0.647. The van der Waals surface area contributed by atoms with E-state index in [1.54, 1.807) is 20.8 Å². The molecule has 0 aliphatic carbocycles. The van der Waals surface area contributed by atoms with Crippen molar-refractivity contribution >= 4 is 21.8 Å². The molecule has 0 bridgehead atoms. The number of nitrogens with zero attached hydrogens (tertiary/aromatic N) is 2. The number of aromatic nitrogens is 2. The van der Waals surface area contributed by atoms with Crippen LogP contribution in [0.15, 0.2) is 12.3 Å². The molecule has 0 aromatic carbocycles. The Balaban J connectivity index is 3.58. The molecule has 1 unspecified atom stereocenters. The van der Waals surface area contributed by atoms with Gasteiger partial charge < -0.3 is 14.2 Å². The first-order chi connectivity index (χ1) is 12.4. The maximum Gasteiger partial charge on any atom is 0.330 e. The number of ether oxygens (including phenoxy) is 3. The molecular formula is C17H26N2O7S. The summed E-state index contributed by atoms with van der Waals surface area (Å²) in [6.07, 6.45) is 2.23. The Bertz CT molecular complexity index is 787. The molecule has 1 heterocycles. The van der Waals surface area contributed by atoms with Gasteiger partial charge in [-0.25, -0.2) is 18.4 Å². The molecule has 0 spiro atoms. The van der Waals surface area contributed by atoms with E-state index in [0.29, 0.717) is 0 Å². The van der Waals surface area contributed by atoms with Crippen LogP contribution in [0.4, 0.5) is 0 Å². The molecule has 9 nitrogen and oxygen atoms in total. The van der Waals surface area contributed by atoms with Gasteiger partial charge in [0.15, 0.2) is 9.84 Å². The number of carbonyl (C=O) groups excluding carboxylic acids is 2. The molecule has 0 aliphatic rings. The van der Waals surface area contributed by atoms with E-state index < -0.39 is 38.5 Å². The molecule has 1 aromatic rings. The molecule has 10 heteroatoms. The van der Waals surface area contributed by atoms with Crippen LogP contribution in [-0.2, 0) is 44.8 Å². The largest absolute Gasteiger partial charge is 0.468 e. The van der Waals surface area contributed by atoms with Crippen molar-refractivity contribution < 1.29 is 32.2 Å². The molecule has 1 atom stereocenters. The Labute approximate surface area is 159 Å². The third-order valence-corrected chi connectivity index (χ3v) is 4.28. The second-order valence-electron chi connectivity index (χ2n) is 7.07. The minimum Gasteiger partial charge on any atom is -0.468 e. The Morgan fingerprint density at radius 1 is 1.15 bits per heavy atom. The molecule has 27 heavy (non-hydrogen) atoms. The predicted octanol–water partition coefficient (Wildman–Crippen LogP) is 0.810. The summed E-state index contributed by atoms with van der Waals surface area (Å²) in [7, 11) is -0.845. The lowest BCUT2D eigenvalue weighted by molar-refractivity contribution is -0.172. The number of hydrogen-bond acceptors (Lipinski definition) is 9. The summed E-state index contributed by atoms with van der Waals surface area (Å²) in [5.74, 6) is -2.21. The van der Waals surface area contributed by atoms with Crippen LogP contribution in [0.25, 0.3) is 0 Å². The molecule has 0 N–H and O–H groups in total. The van der Waals surface area contributed by atoms with Crippen LogP contribution >= 0.6 is 0 Å². The van der Waals surface area contributed by atoms with Crippen LogP contribution in [0.5, 0.6) is 0 Å². The van der Waals surface area contributed by atoms with Crippen LogP contribution in [0.2, 0.25) is 0 Å². The third kappa shape index (κ3) is 6.24. The van der Waals surface area contributed by atoms with E-state index in [1.165, 1.54) is 19.4 Å². The zero-order valence-electron chi connectivity index (χ0n) is 16.4. The Morgan fingerprint density at radius 3 is 2.26 bits per heavy atom. The minimum atomic E-state index is -3.41. The Morgan fingerprint density at radius 2 is 1.78 bits per heavy atom. The number of esters is 2. The van der Waals surface area contributed by atoms with Crippen molar-refractivity contribution in [1.82, 2.24) is 9.97 Å². The van der Waals surface area contributed by atoms with E-state index in [4.69, 9.17) is 14.2 Å². The standard InChI is InChI=1S/C17H26N2O7S/c1-16(2,3)26-15(21)17(8-10-24-4,14(20)25-5)12-7-9-18-13(19-12)11-27(6,22)23/h7,9H,8,10-11H2,1-6H3. The lowest BCUT2D eigenvalue weighted by Crippen LogP contribution is -2.49. The molecule has 152 valence electrons. The first-order valence-electron chi connectivity index (χ1n) is 8.16. The van der Waals surface area contributed by atoms with E-state index >= 15 is 0 Å². The van der Waals surface area contributed by atoms with Gasteiger partial charge in [-0.15, -0.1) is 0 Å². The highest BCUT2D eigenvalue weighted by molar-refractivity contribution is 7.89. The first-order valence-corrected chi connectivity index (χ1v) is 10.2. The molecule has 0 fully saturated rings. The number of methoxy groups -OCH3 is 2. The monoisotopic (exact) mass is 402 g/mol. The van der Waals surface area contributed by atoms with Crippen molar-refractivity contribution in [1.29, 1.82) is 0 Å². The highest BCUT2D eigenvalue weighted by atomic mass is 32.2. The van der Waals surface area contributed by atoms with Gasteiger partial charge in [-0.3, -0.25) is 9.59 Å². The van der Waals surface area contributed by atoms with E-state index in [9.17, 15) is 18.0 Å². The first kappa shape index (κ1) is 23.0. The maximum absolute atomic E-state index is 13.0. The second kappa shape index (κ2) is 8.75. The Kier molecular flexibility index (Phi) is 7.44. The molecule has 0 amide bonds. The van der Waals surface area contributed by atoms with E-state index in [1.807, 2.05) is 0 Å². The molecule has 1 aromatic heterocycles. The van der Waals surface area contributed by atoms with Crippen LogP contribution in [0.3, 0.4) is 0 Å². The Hall–Kier alpha value is -2.07. The maximum atomic E-state index is 13.0. The third-order valence-electron chi connectivity index (χ3n) is 3.50. The summed E-state index contributed by atoms with van der Waals surface area (Å²) in [4.78, 5) is 33.8. The summed E-state index contributed by atoms with van der Waals surface area (Å²) >= 11 is 0. The highest BCUT2D eigenvalue weighted by Crippen LogP contribution is 2.32. The molecule has 1 rings (SSSR count). The number of hydrogen-bond donors (Lipinski definition) is 0. The summed E-state index contributed by atoms with van der Waals surface area (Å²) in [5.41, 5.74) is -2.78. The summed E-state index contributed by atoms with van der Waals surface area (Å²) in [6, 6.07) is 1.36. The van der Waals surface area contributed by atoms with Crippen molar-refractivity contribution in [2.75, 3.05) is 27.1 Å². The number of carbonyl (C=O) groups is 2. The lowest BCUT2D eigenvalue weighted by Gasteiger charge is -2.31. The molecule has 0 saturated heterocycles. The topological polar surface area (TPSA) is 122 Å². The fourth-order valence-electron chi connectivity index (χ4n) is 2.36. The average Bonchev–Trinajstić information content (AvgIpc) is 2.52. The van der Waals surface area contributed by atoms with Crippen LogP contribution < -0.4 is 0 Å². The minimum absolute atomic E-state index is 0.00528.